The van der Waals surface area contributed by atoms with Crippen LogP contribution >= 0.6 is 0 Å². The normalized spacial score (nSPS) is 15.1. The second-order valence-corrected chi connectivity index (χ2v) is 10.7. The van der Waals surface area contributed by atoms with Gasteiger partial charge in [-0.05, 0) is 74.0 Å². The van der Waals surface area contributed by atoms with Crippen LogP contribution in [0.3, 0.4) is 0 Å². The number of aliphatic imine (C=N–C) groups is 1. The van der Waals surface area contributed by atoms with Crippen molar-refractivity contribution >= 4 is 23.5 Å². The number of carbonyl (C=O) groups excluding carboxylic acids is 1. The van der Waals surface area contributed by atoms with Crippen molar-refractivity contribution in [2.75, 3.05) is 38.5 Å². The molecule has 4 heterocycles. The van der Waals surface area contributed by atoms with E-state index in [2.05, 4.69) is 61.2 Å². The molecule has 1 saturated heterocycles. The van der Waals surface area contributed by atoms with Crippen LogP contribution < -0.4 is 10.1 Å². The van der Waals surface area contributed by atoms with Gasteiger partial charge < -0.3 is 15.0 Å². The number of carbonyl (C=O) groups is 1. The van der Waals surface area contributed by atoms with E-state index in [0.29, 0.717) is 35.1 Å². The summed E-state index contributed by atoms with van der Waals surface area (Å²) >= 11 is 0. The molecule has 2 aliphatic heterocycles. The molecule has 208 valence electrons. The predicted molar refractivity (Wildman–Crippen MR) is 160 cm³/mol. The Morgan fingerprint density at radius 2 is 1.88 bits per heavy atom. The van der Waals surface area contributed by atoms with Crippen LogP contribution in [0.15, 0.2) is 65.9 Å². The third kappa shape index (κ3) is 6.16. The van der Waals surface area contributed by atoms with E-state index in [0.717, 1.165) is 60.8 Å². The average molecular weight is 548 g/mol. The standard InChI is InChI=1S/C32H33N7O2/c1-21-15-23(20-39-13-11-38(3)12-14-39)17-25(16-21)35-31(40)27-18-26(7-6-22(27)2)41-32-29-28(8-10-34-29)36-30(37-32)24-5-4-9-33-19-24/h4-7,9-10,15-19H,8,11-14,20H2,1-3H3,(H,35,40). The molecule has 2 aromatic heterocycles. The smallest absolute Gasteiger partial charge is 0.256 e. The monoisotopic (exact) mass is 547 g/mol. The number of hydrogen-bond donors (Lipinski definition) is 1. The van der Waals surface area contributed by atoms with Crippen LogP contribution in [0, 0.1) is 13.8 Å². The van der Waals surface area contributed by atoms with Gasteiger partial charge in [-0.15, -0.1) is 0 Å². The van der Waals surface area contributed by atoms with Crippen molar-refractivity contribution in [1.29, 1.82) is 0 Å². The van der Waals surface area contributed by atoms with E-state index in [1.54, 1.807) is 24.7 Å². The summed E-state index contributed by atoms with van der Waals surface area (Å²) in [6.07, 6.45) is 5.84. The Kier molecular flexibility index (Phi) is 7.54. The Hall–Kier alpha value is -4.47. The maximum absolute atomic E-state index is 13.5. The topological polar surface area (TPSA) is 95.8 Å². The molecule has 0 aliphatic carbocycles. The number of aryl methyl sites for hydroxylation is 2. The summed E-state index contributed by atoms with van der Waals surface area (Å²) in [5, 5.41) is 3.11. The molecule has 1 N–H and O–H groups in total. The van der Waals surface area contributed by atoms with Crippen molar-refractivity contribution in [1.82, 2.24) is 24.8 Å². The molecule has 9 heteroatoms. The van der Waals surface area contributed by atoms with Crippen molar-refractivity contribution < 1.29 is 9.53 Å². The summed E-state index contributed by atoms with van der Waals surface area (Å²) in [7, 11) is 2.16. The van der Waals surface area contributed by atoms with E-state index in [1.807, 2.05) is 37.3 Å². The molecule has 0 spiro atoms. The second kappa shape index (κ2) is 11.6. The Labute approximate surface area is 240 Å². The predicted octanol–water partition coefficient (Wildman–Crippen LogP) is 5.21. The van der Waals surface area contributed by atoms with Crippen LogP contribution in [0.25, 0.3) is 11.4 Å². The summed E-state index contributed by atoms with van der Waals surface area (Å²) in [5.74, 6) is 1.19. The Bertz CT molecular complexity index is 1610. The minimum Gasteiger partial charge on any atom is -0.437 e. The number of benzene rings is 2. The first kappa shape index (κ1) is 26.7. The highest BCUT2D eigenvalue weighted by Crippen LogP contribution is 2.37. The minimum absolute atomic E-state index is 0.189. The summed E-state index contributed by atoms with van der Waals surface area (Å²) in [4.78, 5) is 36.2. The van der Waals surface area contributed by atoms with Crippen LogP contribution in [0.5, 0.6) is 11.6 Å². The van der Waals surface area contributed by atoms with Crippen molar-refractivity contribution in [2.45, 2.75) is 26.8 Å². The first-order valence-electron chi connectivity index (χ1n) is 13.9. The Morgan fingerprint density at radius 3 is 2.68 bits per heavy atom. The zero-order valence-electron chi connectivity index (χ0n) is 23.6. The molecule has 0 bridgehead atoms. The van der Waals surface area contributed by atoms with E-state index in [-0.39, 0.29) is 5.91 Å². The Morgan fingerprint density at radius 1 is 1.02 bits per heavy atom. The van der Waals surface area contributed by atoms with Gasteiger partial charge in [-0.3, -0.25) is 19.7 Å². The number of hydrogen-bond acceptors (Lipinski definition) is 8. The zero-order chi connectivity index (χ0) is 28.3. The summed E-state index contributed by atoms with van der Waals surface area (Å²) < 4.78 is 6.24. The average Bonchev–Trinajstić information content (AvgIpc) is 3.45. The number of likely N-dealkylation sites (N-methyl/N-ethyl adjacent to an activating group) is 1. The van der Waals surface area contributed by atoms with Gasteiger partial charge in [-0.25, -0.2) is 4.98 Å². The van der Waals surface area contributed by atoms with Crippen LogP contribution in [0.4, 0.5) is 11.4 Å². The summed E-state index contributed by atoms with van der Waals surface area (Å²) in [6.45, 7) is 9.08. The molecule has 0 saturated carbocycles. The van der Waals surface area contributed by atoms with Gasteiger partial charge in [0.15, 0.2) is 5.82 Å². The van der Waals surface area contributed by atoms with Gasteiger partial charge >= 0.3 is 0 Å². The molecule has 6 rings (SSSR count). The van der Waals surface area contributed by atoms with Crippen LogP contribution in [0.2, 0.25) is 0 Å². The van der Waals surface area contributed by atoms with Crippen LogP contribution in [0.1, 0.15) is 32.7 Å². The summed E-state index contributed by atoms with van der Waals surface area (Å²) in [6, 6.07) is 15.5. The first-order chi connectivity index (χ1) is 19.9. The lowest BCUT2D eigenvalue weighted by atomic mass is 10.1. The van der Waals surface area contributed by atoms with Gasteiger partial charge in [0.2, 0.25) is 5.88 Å². The van der Waals surface area contributed by atoms with E-state index in [9.17, 15) is 4.79 Å². The quantitative estimate of drug-likeness (QED) is 0.340. The zero-order valence-corrected chi connectivity index (χ0v) is 23.6. The molecule has 0 atom stereocenters. The molecular weight excluding hydrogens is 514 g/mol. The lowest BCUT2D eigenvalue weighted by Gasteiger charge is -2.32. The van der Waals surface area contributed by atoms with Gasteiger partial charge in [-0.1, -0.05) is 12.1 Å². The molecule has 0 radical (unpaired) electrons. The van der Waals surface area contributed by atoms with E-state index in [4.69, 9.17) is 4.74 Å². The maximum atomic E-state index is 13.5. The fourth-order valence-electron chi connectivity index (χ4n) is 5.18. The van der Waals surface area contributed by atoms with Crippen LogP contribution in [-0.2, 0) is 13.0 Å². The van der Waals surface area contributed by atoms with Gasteiger partial charge in [0.05, 0.1) is 5.69 Å². The molecule has 1 amide bonds. The lowest BCUT2D eigenvalue weighted by Crippen LogP contribution is -2.43. The number of piperazine rings is 1. The SMILES string of the molecule is Cc1cc(CN2CCN(C)CC2)cc(NC(=O)c2cc(Oc3nc(-c4cccnc4)nc4c3N=CC4)ccc2C)c1. The van der Waals surface area contributed by atoms with Gasteiger partial charge in [-0.2, -0.15) is 4.98 Å². The van der Waals surface area contributed by atoms with Gasteiger partial charge in [0.1, 0.15) is 11.4 Å². The first-order valence-corrected chi connectivity index (χ1v) is 13.9. The van der Waals surface area contributed by atoms with Gasteiger partial charge in [0.25, 0.3) is 5.91 Å². The number of rotatable bonds is 7. The van der Waals surface area contributed by atoms with Crippen LogP contribution in [-0.4, -0.2) is 70.1 Å². The highest BCUT2D eigenvalue weighted by molar-refractivity contribution is 6.05. The number of nitrogens with one attached hydrogen (secondary N) is 1. The summed E-state index contributed by atoms with van der Waals surface area (Å²) in [5.41, 5.74) is 6.68. The number of anilines is 1. The lowest BCUT2D eigenvalue weighted by molar-refractivity contribution is 0.102. The van der Waals surface area contributed by atoms with Crippen molar-refractivity contribution in [2.24, 2.45) is 4.99 Å². The van der Waals surface area contributed by atoms with Crippen molar-refractivity contribution in [3.63, 3.8) is 0 Å². The number of amides is 1. The van der Waals surface area contributed by atoms with Gasteiger partial charge in [0, 0.05) is 74.6 Å². The molecule has 0 unspecified atom stereocenters. The number of fused-ring (bicyclic) bond motifs is 1. The number of aromatic nitrogens is 3. The highest BCUT2D eigenvalue weighted by atomic mass is 16.5. The fraction of sp³-hybridized carbons (Fsp3) is 0.281. The molecule has 9 nitrogen and oxygen atoms in total. The van der Waals surface area contributed by atoms with E-state index >= 15 is 0 Å². The molecular formula is C32H33N7O2. The number of ether oxygens (including phenoxy) is 1. The Balaban J connectivity index is 1.22. The maximum Gasteiger partial charge on any atom is 0.256 e. The third-order valence-electron chi connectivity index (χ3n) is 7.41. The minimum atomic E-state index is -0.189. The molecule has 2 aromatic carbocycles. The molecule has 2 aliphatic rings. The van der Waals surface area contributed by atoms with E-state index in [1.165, 1.54) is 5.56 Å². The third-order valence-corrected chi connectivity index (χ3v) is 7.41. The van der Waals surface area contributed by atoms with E-state index < -0.39 is 0 Å². The second-order valence-electron chi connectivity index (χ2n) is 10.7. The highest BCUT2D eigenvalue weighted by Gasteiger charge is 2.21. The largest absolute Gasteiger partial charge is 0.437 e. The van der Waals surface area contributed by atoms with Crippen molar-refractivity contribution in [3.05, 3.63) is 88.9 Å². The number of pyridine rings is 1. The molecule has 41 heavy (non-hydrogen) atoms. The molecule has 1 fully saturated rings. The van der Waals surface area contributed by atoms with Crippen molar-refractivity contribution in [3.8, 4) is 23.0 Å². The fourth-order valence-corrected chi connectivity index (χ4v) is 5.18. The number of nitrogens with zero attached hydrogens (tertiary/aromatic N) is 6. The molecule has 4 aromatic rings.